The van der Waals surface area contributed by atoms with Crippen LogP contribution in [0.4, 0.5) is 5.82 Å². The number of hydrogen-bond donors (Lipinski definition) is 0. The van der Waals surface area contributed by atoms with Gasteiger partial charge >= 0.3 is 0 Å². The zero-order chi connectivity index (χ0) is 12.4. The van der Waals surface area contributed by atoms with Crippen molar-refractivity contribution in [1.82, 2.24) is 9.88 Å². The number of aryl methyl sites for hydroxylation is 1. The van der Waals surface area contributed by atoms with E-state index in [1.54, 1.807) is 0 Å². The first kappa shape index (κ1) is 12.7. The van der Waals surface area contributed by atoms with E-state index in [0.29, 0.717) is 11.9 Å². The van der Waals surface area contributed by atoms with Crippen LogP contribution in [0, 0.1) is 6.92 Å². The summed E-state index contributed by atoms with van der Waals surface area (Å²) in [5, 5.41) is 0. The number of hydrogen-bond acceptors (Lipinski definition) is 3. The number of piperazine rings is 1. The van der Waals surface area contributed by atoms with E-state index in [-0.39, 0.29) is 0 Å². The molecule has 1 aliphatic heterocycles. The smallest absolute Gasteiger partial charge is 0.128 e. The van der Waals surface area contributed by atoms with E-state index < -0.39 is 0 Å². The summed E-state index contributed by atoms with van der Waals surface area (Å²) in [6.45, 7) is 7.47. The molecule has 0 amide bonds. The van der Waals surface area contributed by atoms with Crippen molar-refractivity contribution in [1.29, 1.82) is 0 Å². The SMILES string of the molecule is Cc1nc(N2CCN(C)C(C)C2)ccc1CCl. The number of anilines is 1. The predicted octanol–water partition coefficient (Wildman–Crippen LogP) is 2.27. The maximum absolute atomic E-state index is 5.85. The van der Waals surface area contributed by atoms with Crippen LogP contribution in [-0.4, -0.2) is 42.6 Å². The molecule has 1 aromatic rings. The Morgan fingerprint density at radius 3 is 2.76 bits per heavy atom. The van der Waals surface area contributed by atoms with Gasteiger partial charge in [-0.25, -0.2) is 4.98 Å². The highest BCUT2D eigenvalue weighted by Gasteiger charge is 2.21. The number of nitrogens with zero attached hydrogens (tertiary/aromatic N) is 3. The molecule has 1 saturated heterocycles. The van der Waals surface area contributed by atoms with Gasteiger partial charge < -0.3 is 9.80 Å². The van der Waals surface area contributed by atoms with Gasteiger partial charge in [0.25, 0.3) is 0 Å². The average Bonchev–Trinajstić information content (AvgIpc) is 2.32. The lowest BCUT2D eigenvalue weighted by Gasteiger charge is -2.38. The van der Waals surface area contributed by atoms with Crippen LogP contribution in [0.15, 0.2) is 12.1 Å². The molecule has 0 spiro atoms. The van der Waals surface area contributed by atoms with Crippen molar-refractivity contribution in [2.75, 3.05) is 31.6 Å². The Hall–Kier alpha value is -0.800. The maximum Gasteiger partial charge on any atom is 0.128 e. The molecule has 0 saturated carbocycles. The van der Waals surface area contributed by atoms with E-state index in [1.165, 1.54) is 0 Å². The third kappa shape index (κ3) is 2.72. The fraction of sp³-hybridized carbons (Fsp3) is 0.615. The summed E-state index contributed by atoms with van der Waals surface area (Å²) < 4.78 is 0. The number of halogens is 1. The van der Waals surface area contributed by atoms with Gasteiger partial charge in [-0.15, -0.1) is 11.6 Å². The Morgan fingerprint density at radius 1 is 1.41 bits per heavy atom. The zero-order valence-corrected chi connectivity index (χ0v) is 11.5. The lowest BCUT2D eigenvalue weighted by molar-refractivity contribution is 0.233. The molecular formula is C13H20ClN3. The number of aromatic nitrogens is 1. The van der Waals surface area contributed by atoms with Gasteiger partial charge in [0.1, 0.15) is 5.82 Å². The molecule has 1 fully saturated rings. The average molecular weight is 254 g/mol. The molecule has 0 N–H and O–H groups in total. The van der Waals surface area contributed by atoms with Crippen LogP contribution < -0.4 is 4.90 Å². The van der Waals surface area contributed by atoms with E-state index in [0.717, 1.165) is 36.7 Å². The predicted molar refractivity (Wildman–Crippen MR) is 72.8 cm³/mol. The summed E-state index contributed by atoms with van der Waals surface area (Å²) in [6, 6.07) is 4.76. The number of pyridine rings is 1. The van der Waals surface area contributed by atoms with Gasteiger partial charge in [0.05, 0.1) is 0 Å². The molecule has 1 aromatic heterocycles. The largest absolute Gasteiger partial charge is 0.354 e. The molecule has 2 rings (SSSR count). The molecule has 94 valence electrons. The lowest BCUT2D eigenvalue weighted by atomic mass is 10.2. The van der Waals surface area contributed by atoms with Crippen molar-refractivity contribution in [2.45, 2.75) is 25.8 Å². The van der Waals surface area contributed by atoms with Gasteiger partial charge in [-0.2, -0.15) is 0 Å². The van der Waals surface area contributed by atoms with E-state index >= 15 is 0 Å². The summed E-state index contributed by atoms with van der Waals surface area (Å²) in [5.74, 6) is 1.62. The molecule has 1 aliphatic rings. The highest BCUT2D eigenvalue weighted by atomic mass is 35.5. The standard InChI is InChI=1S/C13H20ClN3/c1-10-9-17(7-6-16(10)3)13-5-4-12(8-14)11(2)15-13/h4-5,10H,6-9H2,1-3H3. The summed E-state index contributed by atoms with van der Waals surface area (Å²) in [6.07, 6.45) is 0. The molecular weight excluding hydrogens is 234 g/mol. The first-order valence-electron chi connectivity index (χ1n) is 6.09. The van der Waals surface area contributed by atoms with Crippen LogP contribution in [-0.2, 0) is 5.88 Å². The monoisotopic (exact) mass is 253 g/mol. The van der Waals surface area contributed by atoms with E-state index in [1.807, 2.05) is 6.92 Å². The van der Waals surface area contributed by atoms with Crippen LogP contribution in [0.1, 0.15) is 18.2 Å². The topological polar surface area (TPSA) is 19.4 Å². The van der Waals surface area contributed by atoms with Crippen molar-refractivity contribution < 1.29 is 0 Å². The third-order valence-electron chi connectivity index (χ3n) is 3.61. The van der Waals surface area contributed by atoms with E-state index in [2.05, 4.69) is 40.9 Å². The summed E-state index contributed by atoms with van der Waals surface area (Å²) >= 11 is 5.85. The van der Waals surface area contributed by atoms with Crippen molar-refractivity contribution >= 4 is 17.4 Å². The van der Waals surface area contributed by atoms with Crippen LogP contribution >= 0.6 is 11.6 Å². The third-order valence-corrected chi connectivity index (χ3v) is 3.90. The Bertz CT molecular complexity index is 394. The highest BCUT2D eigenvalue weighted by molar-refractivity contribution is 6.17. The van der Waals surface area contributed by atoms with Crippen molar-refractivity contribution in [3.8, 4) is 0 Å². The first-order chi connectivity index (χ1) is 8.11. The summed E-state index contributed by atoms with van der Waals surface area (Å²) in [4.78, 5) is 9.39. The molecule has 0 radical (unpaired) electrons. The van der Waals surface area contributed by atoms with Crippen LogP contribution in [0.5, 0.6) is 0 Å². The number of alkyl halides is 1. The van der Waals surface area contributed by atoms with Crippen molar-refractivity contribution in [3.05, 3.63) is 23.4 Å². The fourth-order valence-electron chi connectivity index (χ4n) is 2.15. The van der Waals surface area contributed by atoms with Gasteiger partial charge in [-0.3, -0.25) is 0 Å². The van der Waals surface area contributed by atoms with E-state index in [9.17, 15) is 0 Å². The second-order valence-electron chi connectivity index (χ2n) is 4.82. The van der Waals surface area contributed by atoms with Crippen LogP contribution in [0.25, 0.3) is 0 Å². The number of rotatable bonds is 2. The molecule has 0 bridgehead atoms. The lowest BCUT2D eigenvalue weighted by Crippen LogP contribution is -2.50. The van der Waals surface area contributed by atoms with E-state index in [4.69, 9.17) is 11.6 Å². The zero-order valence-electron chi connectivity index (χ0n) is 10.8. The molecule has 4 heteroatoms. The second-order valence-corrected chi connectivity index (χ2v) is 5.09. The maximum atomic E-state index is 5.85. The molecule has 1 unspecified atom stereocenters. The van der Waals surface area contributed by atoms with Crippen LogP contribution in [0.3, 0.4) is 0 Å². The Labute approximate surface area is 108 Å². The normalized spacial score (nSPS) is 21.9. The fourth-order valence-corrected chi connectivity index (χ4v) is 2.43. The number of likely N-dealkylation sites (N-methyl/N-ethyl adjacent to an activating group) is 1. The van der Waals surface area contributed by atoms with Gasteiger partial charge in [0.2, 0.25) is 0 Å². The quantitative estimate of drug-likeness (QED) is 0.754. The van der Waals surface area contributed by atoms with Gasteiger partial charge in [0, 0.05) is 37.3 Å². The molecule has 3 nitrogen and oxygen atoms in total. The molecule has 0 aromatic carbocycles. The molecule has 0 aliphatic carbocycles. The molecule has 1 atom stereocenters. The van der Waals surface area contributed by atoms with Crippen molar-refractivity contribution in [3.63, 3.8) is 0 Å². The van der Waals surface area contributed by atoms with Gasteiger partial charge in [-0.1, -0.05) is 6.07 Å². The summed E-state index contributed by atoms with van der Waals surface area (Å²) in [5.41, 5.74) is 2.17. The minimum atomic E-state index is 0.540. The van der Waals surface area contributed by atoms with Crippen molar-refractivity contribution in [2.24, 2.45) is 0 Å². The molecule has 2 heterocycles. The highest BCUT2D eigenvalue weighted by Crippen LogP contribution is 2.19. The minimum absolute atomic E-state index is 0.540. The van der Waals surface area contributed by atoms with Gasteiger partial charge in [-0.05, 0) is 32.5 Å². The minimum Gasteiger partial charge on any atom is -0.354 e. The Balaban J connectivity index is 2.15. The second kappa shape index (κ2) is 5.23. The Morgan fingerprint density at radius 2 is 2.18 bits per heavy atom. The van der Waals surface area contributed by atoms with Crippen LogP contribution in [0.2, 0.25) is 0 Å². The Kier molecular flexibility index (Phi) is 3.89. The molecule has 17 heavy (non-hydrogen) atoms. The summed E-state index contributed by atoms with van der Waals surface area (Å²) in [7, 11) is 2.18. The van der Waals surface area contributed by atoms with Gasteiger partial charge in [0.15, 0.2) is 0 Å². The first-order valence-corrected chi connectivity index (χ1v) is 6.63.